The van der Waals surface area contributed by atoms with Crippen LogP contribution in [-0.2, 0) is 6.54 Å². The molecule has 1 atom stereocenters. The van der Waals surface area contributed by atoms with Crippen molar-refractivity contribution >= 4 is 5.78 Å². The zero-order chi connectivity index (χ0) is 17.6. The summed E-state index contributed by atoms with van der Waals surface area (Å²) >= 11 is 0. The lowest BCUT2D eigenvalue weighted by atomic mass is 9.89. The predicted octanol–water partition coefficient (Wildman–Crippen LogP) is 3.96. The summed E-state index contributed by atoms with van der Waals surface area (Å²) in [5.41, 5.74) is 2.00. The third-order valence-corrected chi connectivity index (χ3v) is 4.52. The van der Waals surface area contributed by atoms with Crippen LogP contribution in [0.1, 0.15) is 42.6 Å². The first-order valence-electron chi connectivity index (χ1n) is 9.04. The largest absolute Gasteiger partial charge is 0.491 e. The standard InChI is InChI=1S/C21H26N2O2/c1-16(2)25-20-7-3-5-18(13-20)21(24)19-6-4-12-23(15-19)14-17-8-10-22-11-9-17/h3,5,7-11,13,16,19H,4,6,12,14-15H2,1-2H3/t19-/m1/s1. The first kappa shape index (κ1) is 17.6. The number of ketones is 1. The van der Waals surface area contributed by atoms with Crippen LogP contribution in [-0.4, -0.2) is 34.9 Å². The van der Waals surface area contributed by atoms with Crippen molar-refractivity contribution in [3.63, 3.8) is 0 Å². The Morgan fingerprint density at radius 3 is 2.84 bits per heavy atom. The molecule has 2 heterocycles. The van der Waals surface area contributed by atoms with Crippen LogP contribution in [0.15, 0.2) is 48.8 Å². The molecule has 3 rings (SSSR count). The minimum absolute atomic E-state index is 0.0601. The smallest absolute Gasteiger partial charge is 0.167 e. The van der Waals surface area contributed by atoms with Gasteiger partial charge in [-0.1, -0.05) is 12.1 Å². The molecule has 4 heteroatoms. The van der Waals surface area contributed by atoms with Crippen LogP contribution in [0.2, 0.25) is 0 Å². The summed E-state index contributed by atoms with van der Waals surface area (Å²) in [5.74, 6) is 1.06. The Kier molecular flexibility index (Phi) is 5.82. The maximum Gasteiger partial charge on any atom is 0.167 e. The number of carbonyl (C=O) groups is 1. The lowest BCUT2D eigenvalue weighted by Crippen LogP contribution is -2.38. The van der Waals surface area contributed by atoms with Crippen LogP contribution in [0.5, 0.6) is 5.75 Å². The van der Waals surface area contributed by atoms with E-state index in [9.17, 15) is 4.79 Å². The second kappa shape index (κ2) is 8.26. The maximum atomic E-state index is 12.9. The van der Waals surface area contributed by atoms with Gasteiger partial charge in [-0.25, -0.2) is 0 Å². The number of pyridine rings is 1. The molecule has 0 bridgehead atoms. The van der Waals surface area contributed by atoms with E-state index in [0.29, 0.717) is 0 Å². The number of aromatic nitrogens is 1. The van der Waals surface area contributed by atoms with Crippen molar-refractivity contribution in [2.45, 2.75) is 39.3 Å². The second-order valence-electron chi connectivity index (χ2n) is 6.99. The van der Waals surface area contributed by atoms with Gasteiger partial charge in [-0.3, -0.25) is 14.7 Å². The zero-order valence-electron chi connectivity index (χ0n) is 15.0. The average molecular weight is 338 g/mol. The summed E-state index contributed by atoms with van der Waals surface area (Å²) in [6.45, 7) is 6.72. The summed E-state index contributed by atoms with van der Waals surface area (Å²) in [7, 11) is 0. The van der Waals surface area contributed by atoms with Gasteiger partial charge in [0.2, 0.25) is 0 Å². The highest BCUT2D eigenvalue weighted by atomic mass is 16.5. The van der Waals surface area contributed by atoms with Crippen LogP contribution >= 0.6 is 0 Å². The number of likely N-dealkylation sites (tertiary alicyclic amines) is 1. The van der Waals surface area contributed by atoms with E-state index in [-0.39, 0.29) is 17.8 Å². The molecule has 1 aliphatic rings. The topological polar surface area (TPSA) is 42.4 Å². The maximum absolute atomic E-state index is 12.9. The van der Waals surface area contributed by atoms with E-state index in [0.717, 1.165) is 43.8 Å². The van der Waals surface area contributed by atoms with Gasteiger partial charge >= 0.3 is 0 Å². The highest BCUT2D eigenvalue weighted by Crippen LogP contribution is 2.24. The first-order chi connectivity index (χ1) is 12.1. The third-order valence-electron chi connectivity index (χ3n) is 4.52. The van der Waals surface area contributed by atoms with E-state index in [4.69, 9.17) is 4.74 Å². The van der Waals surface area contributed by atoms with Gasteiger partial charge in [0.15, 0.2) is 5.78 Å². The van der Waals surface area contributed by atoms with Crippen LogP contribution < -0.4 is 4.74 Å². The van der Waals surface area contributed by atoms with Crippen molar-refractivity contribution in [2.75, 3.05) is 13.1 Å². The molecule has 132 valence electrons. The Balaban J connectivity index is 1.65. The Bertz CT molecular complexity index is 700. The van der Waals surface area contributed by atoms with Crippen LogP contribution in [0.4, 0.5) is 0 Å². The number of hydrogen-bond acceptors (Lipinski definition) is 4. The monoisotopic (exact) mass is 338 g/mol. The molecular formula is C21H26N2O2. The molecule has 25 heavy (non-hydrogen) atoms. The van der Waals surface area contributed by atoms with Crippen LogP contribution in [0.3, 0.4) is 0 Å². The highest BCUT2D eigenvalue weighted by molar-refractivity contribution is 5.98. The number of Topliss-reactive ketones (excluding diaryl/α,β-unsaturated/α-hetero) is 1. The number of piperidine rings is 1. The van der Waals surface area contributed by atoms with Gasteiger partial charge in [-0.05, 0) is 63.1 Å². The molecule has 1 aliphatic heterocycles. The van der Waals surface area contributed by atoms with Gasteiger partial charge in [0.25, 0.3) is 0 Å². The van der Waals surface area contributed by atoms with Gasteiger partial charge in [-0.2, -0.15) is 0 Å². The van der Waals surface area contributed by atoms with Crippen LogP contribution in [0, 0.1) is 5.92 Å². The van der Waals surface area contributed by atoms with E-state index in [1.807, 2.05) is 62.6 Å². The van der Waals surface area contributed by atoms with E-state index in [1.165, 1.54) is 5.56 Å². The lowest BCUT2D eigenvalue weighted by Gasteiger charge is -2.32. The molecule has 0 radical (unpaired) electrons. The number of hydrogen-bond donors (Lipinski definition) is 0. The molecule has 1 fully saturated rings. The lowest BCUT2D eigenvalue weighted by molar-refractivity contribution is 0.0811. The summed E-state index contributed by atoms with van der Waals surface area (Å²) in [5, 5.41) is 0. The summed E-state index contributed by atoms with van der Waals surface area (Å²) < 4.78 is 5.72. The fourth-order valence-corrected chi connectivity index (χ4v) is 3.39. The Morgan fingerprint density at radius 1 is 1.28 bits per heavy atom. The Morgan fingerprint density at radius 2 is 2.08 bits per heavy atom. The molecule has 2 aromatic rings. The van der Waals surface area contributed by atoms with Gasteiger partial charge < -0.3 is 4.74 Å². The zero-order valence-corrected chi connectivity index (χ0v) is 15.0. The van der Waals surface area contributed by atoms with E-state index < -0.39 is 0 Å². The van der Waals surface area contributed by atoms with Crippen molar-refractivity contribution in [2.24, 2.45) is 5.92 Å². The molecule has 1 aromatic carbocycles. The third kappa shape index (κ3) is 4.89. The quantitative estimate of drug-likeness (QED) is 0.748. The van der Waals surface area contributed by atoms with Crippen LogP contribution in [0.25, 0.3) is 0 Å². The number of carbonyl (C=O) groups excluding carboxylic acids is 1. The molecule has 0 spiro atoms. The second-order valence-corrected chi connectivity index (χ2v) is 6.99. The summed E-state index contributed by atoms with van der Waals surface area (Å²) in [4.78, 5) is 19.4. The van der Waals surface area contributed by atoms with Gasteiger partial charge in [0, 0.05) is 37.0 Å². The number of rotatable bonds is 6. The molecule has 0 unspecified atom stereocenters. The van der Waals surface area contributed by atoms with Gasteiger partial charge in [0.1, 0.15) is 5.75 Å². The Labute approximate surface area is 149 Å². The van der Waals surface area contributed by atoms with Gasteiger partial charge in [-0.15, -0.1) is 0 Å². The molecule has 0 saturated carbocycles. The van der Waals surface area contributed by atoms with E-state index in [2.05, 4.69) is 9.88 Å². The molecule has 0 N–H and O–H groups in total. The SMILES string of the molecule is CC(C)Oc1cccc(C(=O)[C@@H]2CCCN(Cc3ccncc3)C2)c1. The summed E-state index contributed by atoms with van der Waals surface area (Å²) in [6, 6.07) is 11.7. The molecule has 1 saturated heterocycles. The predicted molar refractivity (Wildman–Crippen MR) is 98.8 cm³/mol. The van der Waals surface area contributed by atoms with Crippen molar-refractivity contribution in [1.82, 2.24) is 9.88 Å². The average Bonchev–Trinajstić information content (AvgIpc) is 2.62. The molecule has 1 aromatic heterocycles. The fourth-order valence-electron chi connectivity index (χ4n) is 3.39. The number of ether oxygens (including phenoxy) is 1. The fraction of sp³-hybridized carbons (Fsp3) is 0.429. The minimum Gasteiger partial charge on any atom is -0.491 e. The minimum atomic E-state index is 0.0601. The van der Waals surface area contributed by atoms with Crippen molar-refractivity contribution in [1.29, 1.82) is 0 Å². The molecular weight excluding hydrogens is 312 g/mol. The van der Waals surface area contributed by atoms with Crippen molar-refractivity contribution < 1.29 is 9.53 Å². The molecule has 4 nitrogen and oxygen atoms in total. The Hall–Kier alpha value is -2.20. The van der Waals surface area contributed by atoms with Crippen molar-refractivity contribution in [3.8, 4) is 5.75 Å². The normalized spacial score (nSPS) is 18.3. The van der Waals surface area contributed by atoms with E-state index in [1.54, 1.807) is 0 Å². The molecule has 0 aliphatic carbocycles. The summed E-state index contributed by atoms with van der Waals surface area (Å²) in [6.07, 6.45) is 5.77. The number of benzene rings is 1. The first-order valence-corrected chi connectivity index (χ1v) is 9.04. The highest BCUT2D eigenvalue weighted by Gasteiger charge is 2.26. The van der Waals surface area contributed by atoms with Gasteiger partial charge in [0.05, 0.1) is 6.10 Å². The van der Waals surface area contributed by atoms with Crippen molar-refractivity contribution in [3.05, 3.63) is 59.9 Å². The molecule has 0 amide bonds. The van der Waals surface area contributed by atoms with E-state index >= 15 is 0 Å². The number of nitrogens with zero attached hydrogens (tertiary/aromatic N) is 2.